The van der Waals surface area contributed by atoms with Crippen molar-refractivity contribution in [1.29, 1.82) is 0 Å². The van der Waals surface area contributed by atoms with Gasteiger partial charge in [-0.2, -0.15) is 8.78 Å². The van der Waals surface area contributed by atoms with E-state index in [-0.39, 0.29) is 17.3 Å². The van der Waals surface area contributed by atoms with Gasteiger partial charge in [-0.3, -0.25) is 9.20 Å². The Labute approximate surface area is 230 Å². The van der Waals surface area contributed by atoms with Crippen LogP contribution in [-0.4, -0.2) is 70.2 Å². The van der Waals surface area contributed by atoms with E-state index in [0.29, 0.717) is 36.7 Å². The van der Waals surface area contributed by atoms with E-state index in [1.165, 1.54) is 12.1 Å². The number of amides is 1. The molecule has 4 aromatic rings. The second kappa shape index (κ2) is 10.8. The molecule has 208 valence electrons. The minimum absolute atomic E-state index is 0.0216. The van der Waals surface area contributed by atoms with Crippen LogP contribution in [0.25, 0.3) is 16.9 Å². The van der Waals surface area contributed by atoms with E-state index in [4.69, 9.17) is 4.74 Å². The van der Waals surface area contributed by atoms with Gasteiger partial charge in [0, 0.05) is 35.8 Å². The first kappa shape index (κ1) is 26.1. The van der Waals surface area contributed by atoms with Crippen molar-refractivity contribution < 1.29 is 23.0 Å². The lowest BCUT2D eigenvalue weighted by Crippen LogP contribution is -2.57. The number of carbonyl (C=O) groups is 1. The van der Waals surface area contributed by atoms with E-state index in [1.54, 1.807) is 30.7 Å². The van der Waals surface area contributed by atoms with Gasteiger partial charge < -0.3 is 25.0 Å². The number of imidazole rings is 1. The van der Waals surface area contributed by atoms with E-state index in [2.05, 4.69) is 25.3 Å². The first-order valence-electron chi connectivity index (χ1n) is 13.3. The summed E-state index contributed by atoms with van der Waals surface area (Å²) in [4.78, 5) is 24.4. The Bertz CT molecular complexity index is 1510. The summed E-state index contributed by atoms with van der Waals surface area (Å²) >= 11 is 0. The number of nitrogens with one attached hydrogen (secondary N) is 2. The lowest BCUT2D eigenvalue weighted by atomic mass is 9.90. The molecule has 1 spiro atoms. The number of alkyl halides is 2. The molecule has 9 nitrogen and oxygen atoms in total. The third-order valence-electron chi connectivity index (χ3n) is 7.57. The van der Waals surface area contributed by atoms with Crippen molar-refractivity contribution in [3.05, 3.63) is 72.2 Å². The highest BCUT2D eigenvalue weighted by molar-refractivity contribution is 5.96. The molecule has 0 saturated carbocycles. The molecule has 2 aliphatic rings. The predicted molar refractivity (Wildman–Crippen MR) is 146 cm³/mol. The maximum Gasteiger partial charge on any atom is 0.387 e. The van der Waals surface area contributed by atoms with Gasteiger partial charge in [0.25, 0.3) is 5.91 Å². The number of aryl methyl sites for hydroxylation is 1. The van der Waals surface area contributed by atoms with E-state index in [0.717, 1.165) is 48.4 Å². The summed E-state index contributed by atoms with van der Waals surface area (Å²) in [5, 5.41) is 6.69. The van der Waals surface area contributed by atoms with E-state index < -0.39 is 6.61 Å². The molecule has 2 N–H and O–H groups in total. The number of hydrogen-bond acceptors (Lipinski definition) is 7. The lowest BCUT2D eigenvalue weighted by molar-refractivity contribution is -0.114. The van der Waals surface area contributed by atoms with Crippen LogP contribution >= 0.6 is 0 Å². The van der Waals surface area contributed by atoms with E-state index in [1.807, 2.05) is 34.4 Å². The van der Waals surface area contributed by atoms with Gasteiger partial charge >= 0.3 is 6.61 Å². The van der Waals surface area contributed by atoms with Gasteiger partial charge in [-0.1, -0.05) is 0 Å². The molecule has 6 rings (SSSR count). The molecule has 0 aliphatic carbocycles. The van der Waals surface area contributed by atoms with Crippen LogP contribution in [0.4, 0.5) is 20.3 Å². The molecule has 40 heavy (non-hydrogen) atoms. The quantitative estimate of drug-likeness (QED) is 0.363. The SMILES string of the molecule is Cc1cc(Nc2nccn3c(-c4ccc(OC(F)F)cc4)cnc23)ccc1C(=O)N1CCOC2(CCNCC2)C1. The fourth-order valence-electron chi connectivity index (χ4n) is 5.52. The molecular formula is C29H30F2N6O3. The molecule has 2 fully saturated rings. The molecule has 2 aromatic carbocycles. The molecule has 2 saturated heterocycles. The molecule has 1 amide bonds. The maximum absolute atomic E-state index is 13.5. The van der Waals surface area contributed by atoms with Crippen molar-refractivity contribution in [3.8, 4) is 17.0 Å². The first-order chi connectivity index (χ1) is 19.4. The van der Waals surface area contributed by atoms with Crippen LogP contribution in [0.1, 0.15) is 28.8 Å². The minimum atomic E-state index is -2.87. The number of nitrogens with zero attached hydrogens (tertiary/aromatic N) is 4. The Morgan fingerprint density at radius 3 is 2.70 bits per heavy atom. The number of piperidine rings is 1. The Kier molecular flexibility index (Phi) is 7.07. The van der Waals surface area contributed by atoms with Crippen LogP contribution in [0.3, 0.4) is 0 Å². The summed E-state index contributed by atoms with van der Waals surface area (Å²) in [6.07, 6.45) is 6.97. The van der Waals surface area contributed by atoms with Gasteiger partial charge in [0.15, 0.2) is 11.5 Å². The number of rotatable bonds is 6. The van der Waals surface area contributed by atoms with Crippen LogP contribution in [0, 0.1) is 6.92 Å². The van der Waals surface area contributed by atoms with Crippen molar-refractivity contribution in [3.63, 3.8) is 0 Å². The molecule has 11 heteroatoms. The minimum Gasteiger partial charge on any atom is -0.435 e. The zero-order valence-electron chi connectivity index (χ0n) is 22.1. The summed E-state index contributed by atoms with van der Waals surface area (Å²) in [5.41, 5.74) is 4.24. The average Bonchev–Trinajstić information content (AvgIpc) is 3.39. The number of carbonyl (C=O) groups excluding carboxylic acids is 1. The van der Waals surface area contributed by atoms with Crippen molar-refractivity contribution in [2.24, 2.45) is 0 Å². The normalized spacial score (nSPS) is 16.9. The van der Waals surface area contributed by atoms with Gasteiger partial charge in [0.05, 0.1) is 30.6 Å². The highest BCUT2D eigenvalue weighted by Gasteiger charge is 2.39. The molecule has 0 atom stereocenters. The molecular weight excluding hydrogens is 518 g/mol. The van der Waals surface area contributed by atoms with Gasteiger partial charge in [0.2, 0.25) is 0 Å². The number of halogens is 2. The number of aromatic nitrogens is 3. The van der Waals surface area contributed by atoms with E-state index >= 15 is 0 Å². The highest BCUT2D eigenvalue weighted by atomic mass is 19.3. The zero-order valence-corrected chi connectivity index (χ0v) is 22.1. The fraction of sp³-hybridized carbons (Fsp3) is 0.345. The summed E-state index contributed by atoms with van der Waals surface area (Å²) in [6.45, 7) is 2.63. The summed E-state index contributed by atoms with van der Waals surface area (Å²) < 4.78 is 37.4. The van der Waals surface area contributed by atoms with Crippen molar-refractivity contribution >= 4 is 23.1 Å². The topological polar surface area (TPSA) is 93.0 Å². The van der Waals surface area contributed by atoms with E-state index in [9.17, 15) is 13.6 Å². The first-order valence-corrected chi connectivity index (χ1v) is 13.3. The average molecular weight is 549 g/mol. The second-order valence-corrected chi connectivity index (χ2v) is 10.2. The number of benzene rings is 2. The van der Waals surface area contributed by atoms with Gasteiger partial charge in [-0.15, -0.1) is 0 Å². The second-order valence-electron chi connectivity index (χ2n) is 10.2. The Balaban J connectivity index is 1.19. The number of ether oxygens (including phenoxy) is 2. The van der Waals surface area contributed by atoms with Crippen molar-refractivity contribution in [1.82, 2.24) is 24.6 Å². The third kappa shape index (κ3) is 5.22. The van der Waals surface area contributed by atoms with Crippen molar-refractivity contribution in [2.45, 2.75) is 32.0 Å². The molecule has 0 bridgehead atoms. The van der Waals surface area contributed by atoms with Crippen LogP contribution in [0.5, 0.6) is 5.75 Å². The molecule has 4 heterocycles. The Hall–Kier alpha value is -4.09. The zero-order chi connectivity index (χ0) is 27.7. The summed E-state index contributed by atoms with van der Waals surface area (Å²) in [5.74, 6) is 0.660. The molecule has 0 unspecified atom stereocenters. The van der Waals surface area contributed by atoms with Crippen LogP contribution in [-0.2, 0) is 4.74 Å². The molecule has 0 radical (unpaired) electrons. The number of morpholine rings is 1. The molecule has 2 aliphatic heterocycles. The molecule has 2 aromatic heterocycles. The van der Waals surface area contributed by atoms with Crippen LogP contribution in [0.2, 0.25) is 0 Å². The van der Waals surface area contributed by atoms with Crippen LogP contribution < -0.4 is 15.4 Å². The van der Waals surface area contributed by atoms with Crippen molar-refractivity contribution in [2.75, 3.05) is 38.1 Å². The van der Waals surface area contributed by atoms with Crippen LogP contribution in [0.15, 0.2) is 61.1 Å². The van der Waals surface area contributed by atoms with Gasteiger partial charge in [-0.25, -0.2) is 9.97 Å². The number of anilines is 2. The lowest BCUT2D eigenvalue weighted by Gasteiger charge is -2.45. The summed E-state index contributed by atoms with van der Waals surface area (Å²) in [7, 11) is 0. The van der Waals surface area contributed by atoms with Gasteiger partial charge in [0.1, 0.15) is 5.75 Å². The standard InChI is InChI=1S/C29H30F2N6O3/c1-19-16-21(4-7-23(19)27(38)36-14-15-39-29(18-36)8-10-32-11-9-29)35-25-26-34-17-24(37(26)13-12-33-25)20-2-5-22(6-3-20)40-28(30)31/h2-7,12-13,16-17,28,32H,8-11,14-15,18H2,1H3,(H,33,35). The number of fused-ring (bicyclic) bond motifs is 1. The third-order valence-corrected chi connectivity index (χ3v) is 7.57. The summed E-state index contributed by atoms with van der Waals surface area (Å²) in [6, 6.07) is 12.1. The highest BCUT2D eigenvalue weighted by Crippen LogP contribution is 2.30. The predicted octanol–water partition coefficient (Wildman–Crippen LogP) is 4.64. The Morgan fingerprint density at radius 2 is 1.95 bits per heavy atom. The fourth-order valence-corrected chi connectivity index (χ4v) is 5.52. The monoisotopic (exact) mass is 548 g/mol. The Morgan fingerprint density at radius 1 is 1.15 bits per heavy atom. The largest absolute Gasteiger partial charge is 0.435 e. The number of hydrogen-bond donors (Lipinski definition) is 2. The van der Waals surface area contributed by atoms with Gasteiger partial charge in [-0.05, 0) is 80.9 Å². The smallest absolute Gasteiger partial charge is 0.387 e. The maximum atomic E-state index is 13.5.